The van der Waals surface area contributed by atoms with Gasteiger partial charge in [0.1, 0.15) is 0 Å². The van der Waals surface area contributed by atoms with Crippen LogP contribution in [0.25, 0.3) is 22.4 Å². The Hall–Kier alpha value is -3.25. The molecule has 1 aliphatic heterocycles. The summed E-state index contributed by atoms with van der Waals surface area (Å²) in [5.41, 5.74) is 10.1. The SMILES string of the molecule is Nc1nc(-c2ccc(CN3CCCCC3)cc2)c(-c2ccccc2)cc1[N+](=O)[O-]. The van der Waals surface area contributed by atoms with Crippen LogP contribution in [-0.2, 0) is 6.54 Å². The fourth-order valence-electron chi connectivity index (χ4n) is 3.86. The van der Waals surface area contributed by atoms with Crippen molar-refractivity contribution in [1.29, 1.82) is 0 Å². The number of anilines is 1. The summed E-state index contributed by atoms with van der Waals surface area (Å²) in [6.45, 7) is 3.25. The minimum absolute atomic E-state index is 0.0675. The molecule has 0 atom stereocenters. The highest BCUT2D eigenvalue weighted by molar-refractivity contribution is 5.84. The lowest BCUT2D eigenvalue weighted by Gasteiger charge is -2.26. The highest BCUT2D eigenvalue weighted by atomic mass is 16.6. The van der Waals surface area contributed by atoms with E-state index in [4.69, 9.17) is 5.73 Å². The zero-order valence-electron chi connectivity index (χ0n) is 16.3. The Balaban J connectivity index is 1.70. The Morgan fingerprint density at radius 3 is 2.31 bits per heavy atom. The lowest BCUT2D eigenvalue weighted by atomic mass is 9.98. The van der Waals surface area contributed by atoms with Crippen LogP contribution in [-0.4, -0.2) is 27.9 Å². The van der Waals surface area contributed by atoms with Crippen molar-refractivity contribution in [3.63, 3.8) is 0 Å². The number of hydrogen-bond donors (Lipinski definition) is 1. The fraction of sp³-hybridized carbons (Fsp3) is 0.261. The molecule has 1 aromatic heterocycles. The number of benzene rings is 2. The molecule has 1 saturated heterocycles. The molecule has 0 bridgehead atoms. The molecule has 0 aliphatic carbocycles. The van der Waals surface area contributed by atoms with Gasteiger partial charge in [-0.3, -0.25) is 15.0 Å². The molecule has 0 saturated carbocycles. The van der Waals surface area contributed by atoms with E-state index in [2.05, 4.69) is 22.0 Å². The zero-order valence-corrected chi connectivity index (χ0v) is 16.3. The zero-order chi connectivity index (χ0) is 20.2. The second kappa shape index (κ2) is 8.41. The van der Waals surface area contributed by atoms with Gasteiger partial charge >= 0.3 is 5.69 Å². The van der Waals surface area contributed by atoms with Gasteiger partial charge in [0.25, 0.3) is 0 Å². The first-order chi connectivity index (χ1) is 14.1. The molecular weight excluding hydrogens is 364 g/mol. The highest BCUT2D eigenvalue weighted by Gasteiger charge is 2.20. The maximum Gasteiger partial charge on any atom is 0.311 e. The van der Waals surface area contributed by atoms with Crippen LogP contribution in [0.2, 0.25) is 0 Å². The predicted molar refractivity (Wildman–Crippen MR) is 115 cm³/mol. The van der Waals surface area contributed by atoms with Crippen molar-refractivity contribution in [3.8, 4) is 22.4 Å². The summed E-state index contributed by atoms with van der Waals surface area (Å²) in [7, 11) is 0. The topological polar surface area (TPSA) is 85.3 Å². The first-order valence-corrected chi connectivity index (χ1v) is 9.94. The molecule has 2 aromatic carbocycles. The van der Waals surface area contributed by atoms with Crippen LogP contribution >= 0.6 is 0 Å². The van der Waals surface area contributed by atoms with E-state index in [0.717, 1.165) is 30.8 Å². The average molecular weight is 388 g/mol. The number of hydrogen-bond acceptors (Lipinski definition) is 5. The van der Waals surface area contributed by atoms with Gasteiger partial charge in [-0.1, -0.05) is 61.0 Å². The van der Waals surface area contributed by atoms with E-state index < -0.39 is 4.92 Å². The van der Waals surface area contributed by atoms with Crippen LogP contribution in [0.1, 0.15) is 24.8 Å². The van der Waals surface area contributed by atoms with Crippen LogP contribution in [0.3, 0.4) is 0 Å². The molecule has 0 radical (unpaired) electrons. The smallest absolute Gasteiger partial charge is 0.311 e. The number of nitrogen functional groups attached to an aromatic ring is 1. The van der Waals surface area contributed by atoms with Crippen LogP contribution in [0.15, 0.2) is 60.7 Å². The lowest BCUT2D eigenvalue weighted by molar-refractivity contribution is -0.384. The first kappa shape index (κ1) is 19.1. The van der Waals surface area contributed by atoms with Crippen molar-refractivity contribution in [3.05, 3.63) is 76.3 Å². The molecule has 3 aromatic rings. The summed E-state index contributed by atoms with van der Waals surface area (Å²) < 4.78 is 0. The number of pyridine rings is 1. The quantitative estimate of drug-likeness (QED) is 0.497. The molecule has 4 rings (SSSR count). The normalized spacial score (nSPS) is 14.6. The standard InChI is InChI=1S/C23H24N4O2/c24-23-21(27(28)29)15-20(18-7-3-1-4-8-18)22(25-23)19-11-9-17(10-12-19)16-26-13-5-2-6-14-26/h1,3-4,7-12,15H,2,5-6,13-14,16H2,(H2,24,25). The molecular formula is C23H24N4O2. The summed E-state index contributed by atoms with van der Waals surface area (Å²) in [4.78, 5) is 17.8. The van der Waals surface area contributed by atoms with E-state index in [0.29, 0.717) is 11.3 Å². The summed E-state index contributed by atoms with van der Waals surface area (Å²) in [5.74, 6) is -0.0675. The lowest BCUT2D eigenvalue weighted by Crippen LogP contribution is -2.28. The van der Waals surface area contributed by atoms with E-state index in [9.17, 15) is 10.1 Å². The third-order valence-corrected chi connectivity index (χ3v) is 5.39. The molecule has 1 aliphatic rings. The molecule has 1 fully saturated rings. The average Bonchev–Trinajstić information content (AvgIpc) is 2.75. The Labute approximate surface area is 170 Å². The minimum atomic E-state index is -0.486. The third kappa shape index (κ3) is 4.27. The summed E-state index contributed by atoms with van der Waals surface area (Å²) >= 11 is 0. The molecule has 148 valence electrons. The summed E-state index contributed by atoms with van der Waals surface area (Å²) in [6, 6.07) is 19.4. The number of aromatic nitrogens is 1. The maximum absolute atomic E-state index is 11.4. The summed E-state index contributed by atoms with van der Waals surface area (Å²) in [5, 5.41) is 11.4. The van der Waals surface area contributed by atoms with Crippen molar-refractivity contribution < 1.29 is 4.92 Å². The van der Waals surface area contributed by atoms with Crippen LogP contribution in [0, 0.1) is 10.1 Å². The van der Waals surface area contributed by atoms with E-state index >= 15 is 0 Å². The van der Waals surface area contributed by atoms with Crippen LogP contribution in [0.4, 0.5) is 11.5 Å². The number of nitro groups is 1. The molecule has 2 N–H and O–H groups in total. The maximum atomic E-state index is 11.4. The van der Waals surface area contributed by atoms with Crippen molar-refractivity contribution in [2.75, 3.05) is 18.8 Å². The second-order valence-electron chi connectivity index (χ2n) is 7.45. The van der Waals surface area contributed by atoms with Gasteiger partial charge in [0, 0.05) is 23.7 Å². The molecule has 6 nitrogen and oxygen atoms in total. The second-order valence-corrected chi connectivity index (χ2v) is 7.45. The number of piperidine rings is 1. The molecule has 0 spiro atoms. The molecule has 0 amide bonds. The predicted octanol–water partition coefficient (Wildman–Crippen LogP) is 4.89. The first-order valence-electron chi connectivity index (χ1n) is 9.94. The van der Waals surface area contributed by atoms with E-state index in [1.54, 1.807) is 0 Å². The van der Waals surface area contributed by atoms with Gasteiger partial charge in [-0.15, -0.1) is 0 Å². The Kier molecular flexibility index (Phi) is 5.53. The Morgan fingerprint density at radius 2 is 1.66 bits per heavy atom. The number of likely N-dealkylation sites (tertiary alicyclic amines) is 1. The summed E-state index contributed by atoms with van der Waals surface area (Å²) in [6.07, 6.45) is 3.86. The molecule has 0 unspecified atom stereocenters. The third-order valence-electron chi connectivity index (χ3n) is 5.39. The van der Waals surface area contributed by atoms with E-state index in [1.807, 2.05) is 42.5 Å². The molecule has 2 heterocycles. The fourth-order valence-corrected chi connectivity index (χ4v) is 3.86. The van der Waals surface area contributed by atoms with Crippen molar-refractivity contribution in [1.82, 2.24) is 9.88 Å². The molecule has 29 heavy (non-hydrogen) atoms. The van der Waals surface area contributed by atoms with Gasteiger partial charge in [0.05, 0.1) is 10.6 Å². The monoisotopic (exact) mass is 388 g/mol. The largest absolute Gasteiger partial charge is 0.378 e. The van der Waals surface area contributed by atoms with Gasteiger partial charge in [-0.05, 0) is 37.1 Å². The molecule has 6 heteroatoms. The van der Waals surface area contributed by atoms with Crippen molar-refractivity contribution in [2.45, 2.75) is 25.8 Å². The van der Waals surface area contributed by atoms with Crippen molar-refractivity contribution in [2.24, 2.45) is 0 Å². The van der Waals surface area contributed by atoms with E-state index in [-0.39, 0.29) is 11.5 Å². The Morgan fingerprint density at radius 1 is 0.966 bits per heavy atom. The number of nitrogens with two attached hydrogens (primary N) is 1. The van der Waals surface area contributed by atoms with Gasteiger partial charge in [0.15, 0.2) is 0 Å². The van der Waals surface area contributed by atoms with Gasteiger partial charge in [0.2, 0.25) is 5.82 Å². The van der Waals surface area contributed by atoms with Crippen LogP contribution < -0.4 is 5.73 Å². The van der Waals surface area contributed by atoms with Gasteiger partial charge < -0.3 is 5.73 Å². The van der Waals surface area contributed by atoms with Gasteiger partial charge in [-0.2, -0.15) is 0 Å². The van der Waals surface area contributed by atoms with E-state index in [1.165, 1.54) is 30.9 Å². The van der Waals surface area contributed by atoms with Crippen molar-refractivity contribution >= 4 is 11.5 Å². The number of rotatable bonds is 5. The minimum Gasteiger partial charge on any atom is -0.378 e. The van der Waals surface area contributed by atoms with Crippen LogP contribution in [0.5, 0.6) is 0 Å². The number of nitrogens with zero attached hydrogens (tertiary/aromatic N) is 3. The Bertz CT molecular complexity index is 997. The van der Waals surface area contributed by atoms with Gasteiger partial charge in [-0.25, -0.2) is 4.98 Å². The highest BCUT2D eigenvalue weighted by Crippen LogP contribution is 2.36.